The summed E-state index contributed by atoms with van der Waals surface area (Å²) in [7, 11) is 1.51. The lowest BCUT2D eigenvalue weighted by molar-refractivity contribution is 0.00765. The largest absolute Gasteiger partial charge is 0.388 e. The molecule has 0 amide bonds. The third-order valence-electron chi connectivity index (χ3n) is 0.709. The molecular formula is C3H7BF2O. The Morgan fingerprint density at radius 3 is 2.00 bits per heavy atom. The Labute approximate surface area is 41.7 Å². The van der Waals surface area contributed by atoms with E-state index in [2.05, 4.69) is 0 Å². The Morgan fingerprint density at radius 2 is 2.00 bits per heavy atom. The maximum atomic E-state index is 11.2. The van der Waals surface area contributed by atoms with Crippen LogP contribution in [0.2, 0.25) is 6.32 Å². The molecule has 1 atom stereocenters. The molecule has 1 N–H and O–H groups in total. The molecule has 0 aromatic carbocycles. The summed E-state index contributed by atoms with van der Waals surface area (Å²) in [6, 6.07) is 0. The Hall–Kier alpha value is -0.115. The van der Waals surface area contributed by atoms with Crippen molar-refractivity contribution in [2.45, 2.75) is 18.8 Å². The highest BCUT2D eigenvalue weighted by atomic mass is 19.3. The number of halogens is 2. The number of aliphatic hydroxyl groups is 1. The van der Waals surface area contributed by atoms with E-state index < -0.39 is 12.5 Å². The van der Waals surface area contributed by atoms with Crippen molar-refractivity contribution in [2.75, 3.05) is 0 Å². The molecule has 0 aliphatic heterocycles. The second kappa shape index (κ2) is 2.96. The quantitative estimate of drug-likeness (QED) is 0.480. The molecule has 0 radical (unpaired) electrons. The molecule has 0 heterocycles. The van der Waals surface area contributed by atoms with Gasteiger partial charge in [0.25, 0.3) is 6.43 Å². The van der Waals surface area contributed by atoms with Crippen LogP contribution < -0.4 is 0 Å². The van der Waals surface area contributed by atoms with Crippen LogP contribution in [0.5, 0.6) is 0 Å². The van der Waals surface area contributed by atoms with Gasteiger partial charge < -0.3 is 5.11 Å². The fourth-order valence-electron chi connectivity index (χ4n) is 0.178. The topological polar surface area (TPSA) is 20.2 Å². The SMILES string of the molecule is BCC(O)C(F)F. The van der Waals surface area contributed by atoms with E-state index in [1.807, 2.05) is 0 Å². The van der Waals surface area contributed by atoms with Gasteiger partial charge in [0.2, 0.25) is 0 Å². The second-order valence-corrected chi connectivity index (χ2v) is 1.31. The van der Waals surface area contributed by atoms with Crippen molar-refractivity contribution in [3.8, 4) is 0 Å². The lowest BCUT2D eigenvalue weighted by Gasteiger charge is -2.02. The fraction of sp³-hybridized carbons (Fsp3) is 1.00. The minimum absolute atomic E-state index is 0.123. The zero-order valence-electron chi connectivity index (χ0n) is 4.06. The number of rotatable bonds is 2. The smallest absolute Gasteiger partial charge is 0.263 e. The summed E-state index contributed by atoms with van der Waals surface area (Å²) in [5, 5.41) is 8.19. The van der Waals surface area contributed by atoms with E-state index in [0.29, 0.717) is 0 Å². The van der Waals surface area contributed by atoms with Gasteiger partial charge in [-0.1, -0.05) is 0 Å². The molecule has 0 saturated heterocycles. The molecule has 42 valence electrons. The van der Waals surface area contributed by atoms with Gasteiger partial charge in [-0.15, -0.1) is 0 Å². The van der Waals surface area contributed by atoms with Crippen LogP contribution in [-0.2, 0) is 0 Å². The van der Waals surface area contributed by atoms with E-state index >= 15 is 0 Å². The molecule has 4 heteroatoms. The van der Waals surface area contributed by atoms with E-state index in [1.54, 1.807) is 0 Å². The summed E-state index contributed by atoms with van der Waals surface area (Å²) in [5.74, 6) is 0. The van der Waals surface area contributed by atoms with Crippen LogP contribution in [0.1, 0.15) is 0 Å². The van der Waals surface area contributed by atoms with Crippen LogP contribution in [0, 0.1) is 0 Å². The van der Waals surface area contributed by atoms with Crippen molar-refractivity contribution >= 4 is 7.85 Å². The molecule has 1 nitrogen and oxygen atoms in total. The zero-order valence-corrected chi connectivity index (χ0v) is 4.06. The first kappa shape index (κ1) is 6.88. The maximum Gasteiger partial charge on any atom is 0.263 e. The maximum absolute atomic E-state index is 11.2. The summed E-state index contributed by atoms with van der Waals surface area (Å²) in [4.78, 5) is 0. The van der Waals surface area contributed by atoms with Gasteiger partial charge in [0.05, 0.1) is 0 Å². The van der Waals surface area contributed by atoms with Crippen molar-refractivity contribution in [3.63, 3.8) is 0 Å². The van der Waals surface area contributed by atoms with Crippen LogP contribution >= 0.6 is 0 Å². The highest BCUT2D eigenvalue weighted by molar-refractivity contribution is 6.08. The van der Waals surface area contributed by atoms with E-state index in [1.165, 1.54) is 7.85 Å². The monoisotopic (exact) mass is 108 g/mol. The Morgan fingerprint density at radius 1 is 1.57 bits per heavy atom. The number of aliphatic hydroxyl groups excluding tert-OH is 1. The van der Waals surface area contributed by atoms with Crippen LogP contribution in [-0.4, -0.2) is 25.5 Å². The van der Waals surface area contributed by atoms with E-state index in [4.69, 9.17) is 5.11 Å². The molecule has 1 unspecified atom stereocenters. The van der Waals surface area contributed by atoms with Gasteiger partial charge in [0.1, 0.15) is 14.0 Å². The van der Waals surface area contributed by atoms with Crippen LogP contribution in [0.15, 0.2) is 0 Å². The van der Waals surface area contributed by atoms with Gasteiger partial charge in [0, 0.05) is 0 Å². The van der Waals surface area contributed by atoms with Crippen molar-refractivity contribution in [2.24, 2.45) is 0 Å². The first-order chi connectivity index (χ1) is 3.18. The molecule has 0 bridgehead atoms. The van der Waals surface area contributed by atoms with Gasteiger partial charge in [-0.3, -0.25) is 0 Å². The Balaban J connectivity index is 3.14. The third kappa shape index (κ3) is 2.56. The standard InChI is InChI=1S/C3H7BF2O/c4-1-2(7)3(5)6/h2-3,7H,1,4H2. The van der Waals surface area contributed by atoms with Crippen molar-refractivity contribution < 1.29 is 13.9 Å². The highest BCUT2D eigenvalue weighted by Gasteiger charge is 2.12. The molecule has 0 saturated carbocycles. The zero-order chi connectivity index (χ0) is 5.86. The van der Waals surface area contributed by atoms with E-state index in [-0.39, 0.29) is 6.32 Å². The molecule has 7 heavy (non-hydrogen) atoms. The lowest BCUT2D eigenvalue weighted by atomic mass is 10.0. The van der Waals surface area contributed by atoms with Crippen LogP contribution in [0.25, 0.3) is 0 Å². The predicted molar refractivity (Wildman–Crippen MR) is 25.4 cm³/mol. The Kier molecular flexibility index (Phi) is 2.91. The van der Waals surface area contributed by atoms with Crippen molar-refractivity contribution in [1.82, 2.24) is 0 Å². The second-order valence-electron chi connectivity index (χ2n) is 1.31. The van der Waals surface area contributed by atoms with E-state index in [0.717, 1.165) is 0 Å². The van der Waals surface area contributed by atoms with Crippen molar-refractivity contribution in [3.05, 3.63) is 0 Å². The molecule has 0 fully saturated rings. The number of hydrogen-bond donors (Lipinski definition) is 1. The van der Waals surface area contributed by atoms with Crippen molar-refractivity contribution in [1.29, 1.82) is 0 Å². The van der Waals surface area contributed by atoms with Gasteiger partial charge in [-0.2, -0.15) is 0 Å². The molecule has 0 aliphatic rings. The summed E-state index contributed by atoms with van der Waals surface area (Å²) in [6.07, 6.45) is -3.89. The van der Waals surface area contributed by atoms with Gasteiger partial charge in [0.15, 0.2) is 0 Å². The average Bonchev–Trinajstić information content (AvgIpc) is 1.65. The van der Waals surface area contributed by atoms with Crippen LogP contribution in [0.3, 0.4) is 0 Å². The van der Waals surface area contributed by atoms with Gasteiger partial charge in [-0.25, -0.2) is 8.78 Å². The minimum atomic E-state index is -2.58. The summed E-state index contributed by atoms with van der Waals surface area (Å²) in [6.45, 7) is 0. The first-order valence-corrected chi connectivity index (χ1v) is 2.14. The summed E-state index contributed by atoms with van der Waals surface area (Å²) >= 11 is 0. The number of hydrogen-bond acceptors (Lipinski definition) is 1. The highest BCUT2D eigenvalue weighted by Crippen LogP contribution is 2.01. The van der Waals surface area contributed by atoms with Gasteiger partial charge >= 0.3 is 0 Å². The van der Waals surface area contributed by atoms with Crippen LogP contribution in [0.4, 0.5) is 8.78 Å². The van der Waals surface area contributed by atoms with E-state index in [9.17, 15) is 8.78 Å². The molecule has 0 aliphatic carbocycles. The lowest BCUT2D eigenvalue weighted by Crippen LogP contribution is -2.15. The molecule has 0 spiro atoms. The molecule has 0 aromatic rings. The average molecular weight is 108 g/mol. The molecule has 0 rings (SSSR count). The first-order valence-electron chi connectivity index (χ1n) is 2.14. The fourth-order valence-corrected chi connectivity index (χ4v) is 0.178. The third-order valence-corrected chi connectivity index (χ3v) is 0.709. The normalized spacial score (nSPS) is 14.9. The Bertz CT molecular complexity index is 50.2. The predicted octanol–water partition coefficient (Wildman–Crippen LogP) is -0.336. The summed E-state index contributed by atoms with van der Waals surface area (Å²) in [5.41, 5.74) is 0. The summed E-state index contributed by atoms with van der Waals surface area (Å²) < 4.78 is 22.4. The minimum Gasteiger partial charge on any atom is -0.388 e. The number of alkyl halides is 2. The molecule has 0 aromatic heterocycles. The van der Waals surface area contributed by atoms with Gasteiger partial charge in [-0.05, 0) is 6.32 Å². The molecular weight excluding hydrogens is 101 g/mol.